The number of hydrogen-bond donors (Lipinski definition) is 1. The largest absolute Gasteiger partial charge is 0.335 e. The Bertz CT molecular complexity index is 748. The minimum atomic E-state index is -0.526. The fourth-order valence-corrected chi connectivity index (χ4v) is 3.50. The average Bonchev–Trinajstić information content (AvgIpc) is 3.06. The van der Waals surface area contributed by atoms with E-state index in [0.717, 1.165) is 38.3 Å². The first-order chi connectivity index (χ1) is 12.1. The first kappa shape index (κ1) is 17.9. The lowest BCUT2D eigenvalue weighted by atomic mass is 9.97. The fourth-order valence-electron chi connectivity index (χ4n) is 3.34. The zero-order valence-corrected chi connectivity index (χ0v) is 15.0. The molecule has 1 aromatic heterocycles. The van der Waals surface area contributed by atoms with Gasteiger partial charge in [-0.3, -0.25) is 9.69 Å². The number of rotatable bonds is 5. The zero-order chi connectivity index (χ0) is 17.8. The van der Waals surface area contributed by atoms with E-state index in [9.17, 15) is 9.18 Å². The zero-order valence-electron chi connectivity index (χ0n) is 14.2. The predicted octanol–water partition coefficient (Wildman–Crippen LogP) is 3.51. The number of piperidine rings is 1. The van der Waals surface area contributed by atoms with Gasteiger partial charge in [0.05, 0.1) is 12.2 Å². The lowest BCUT2D eigenvalue weighted by Crippen LogP contribution is -2.40. The van der Waals surface area contributed by atoms with Crippen molar-refractivity contribution in [2.75, 3.05) is 25.0 Å². The number of nitrogens with one attached hydrogen (secondary N) is 1. The molecule has 0 radical (unpaired) electrons. The molecule has 1 aliphatic rings. The lowest BCUT2D eigenvalue weighted by Gasteiger charge is -2.32. The molecular weight excluding hydrogens is 343 g/mol. The van der Waals surface area contributed by atoms with Crippen molar-refractivity contribution in [1.82, 2.24) is 14.5 Å². The molecule has 1 amide bonds. The highest BCUT2D eigenvalue weighted by molar-refractivity contribution is 6.30. The van der Waals surface area contributed by atoms with Crippen molar-refractivity contribution < 1.29 is 9.18 Å². The number of aryl methyl sites for hydroxylation is 1. The summed E-state index contributed by atoms with van der Waals surface area (Å²) in [7, 11) is 0. The second-order valence-electron chi connectivity index (χ2n) is 6.32. The van der Waals surface area contributed by atoms with Gasteiger partial charge in [-0.1, -0.05) is 11.6 Å². The lowest BCUT2D eigenvalue weighted by molar-refractivity contribution is -0.117. The van der Waals surface area contributed by atoms with Crippen LogP contribution in [0.4, 0.5) is 10.1 Å². The van der Waals surface area contributed by atoms with Crippen LogP contribution in [-0.2, 0) is 11.3 Å². The molecule has 0 aliphatic carbocycles. The number of amides is 1. The van der Waals surface area contributed by atoms with Gasteiger partial charge in [-0.25, -0.2) is 9.37 Å². The van der Waals surface area contributed by atoms with Gasteiger partial charge < -0.3 is 9.88 Å². The second kappa shape index (κ2) is 7.97. The van der Waals surface area contributed by atoms with Gasteiger partial charge >= 0.3 is 0 Å². The molecule has 1 fully saturated rings. The summed E-state index contributed by atoms with van der Waals surface area (Å²) in [5.74, 6) is 0.656. The summed E-state index contributed by atoms with van der Waals surface area (Å²) in [6.45, 7) is 4.88. The van der Waals surface area contributed by atoms with Crippen molar-refractivity contribution in [2.24, 2.45) is 0 Å². The summed E-state index contributed by atoms with van der Waals surface area (Å²) in [5, 5.41) is 2.93. The van der Waals surface area contributed by atoms with Gasteiger partial charge in [-0.2, -0.15) is 0 Å². The number of halogens is 2. The molecule has 1 saturated heterocycles. The molecule has 0 unspecified atom stereocenters. The predicted molar refractivity (Wildman–Crippen MR) is 96.4 cm³/mol. The van der Waals surface area contributed by atoms with Crippen molar-refractivity contribution in [3.8, 4) is 0 Å². The van der Waals surface area contributed by atoms with Crippen molar-refractivity contribution in [2.45, 2.75) is 32.2 Å². The van der Waals surface area contributed by atoms with Crippen molar-refractivity contribution in [1.29, 1.82) is 0 Å². The Labute approximate surface area is 151 Å². The Morgan fingerprint density at radius 2 is 2.32 bits per heavy atom. The molecule has 0 saturated carbocycles. The number of carbonyl (C=O) groups is 1. The molecule has 5 nitrogen and oxygen atoms in total. The maximum Gasteiger partial charge on any atom is 0.238 e. The average molecular weight is 365 g/mol. The molecular formula is C18H22ClFN4O. The second-order valence-corrected chi connectivity index (χ2v) is 6.75. The van der Waals surface area contributed by atoms with Crippen molar-refractivity contribution in [3.05, 3.63) is 47.3 Å². The van der Waals surface area contributed by atoms with Crippen LogP contribution in [0.15, 0.2) is 30.6 Å². The molecule has 3 rings (SSSR count). The summed E-state index contributed by atoms with van der Waals surface area (Å²) >= 11 is 5.73. The van der Waals surface area contributed by atoms with Crippen LogP contribution < -0.4 is 5.32 Å². The Kier molecular flexibility index (Phi) is 5.71. The first-order valence-electron chi connectivity index (χ1n) is 8.55. The van der Waals surface area contributed by atoms with Crippen LogP contribution in [0.25, 0.3) is 0 Å². The third kappa shape index (κ3) is 4.38. The monoisotopic (exact) mass is 364 g/mol. The first-order valence-corrected chi connectivity index (χ1v) is 8.93. The number of aromatic nitrogens is 2. The van der Waals surface area contributed by atoms with Crippen molar-refractivity contribution >= 4 is 23.2 Å². The summed E-state index contributed by atoms with van der Waals surface area (Å²) in [5.41, 5.74) is 0.157. The summed E-state index contributed by atoms with van der Waals surface area (Å²) < 4.78 is 15.9. The summed E-state index contributed by atoms with van der Waals surface area (Å²) in [4.78, 5) is 18.8. The van der Waals surface area contributed by atoms with E-state index in [2.05, 4.69) is 26.7 Å². The normalized spacial score (nSPS) is 18.3. The van der Waals surface area contributed by atoms with E-state index in [0.29, 0.717) is 10.9 Å². The van der Waals surface area contributed by atoms with Crippen LogP contribution in [0.5, 0.6) is 0 Å². The molecule has 1 aliphatic heterocycles. The molecule has 25 heavy (non-hydrogen) atoms. The Hall–Kier alpha value is -1.92. The number of carbonyl (C=O) groups excluding carboxylic acids is 1. The van der Waals surface area contributed by atoms with E-state index in [1.54, 1.807) is 6.07 Å². The van der Waals surface area contributed by atoms with Gasteiger partial charge in [0, 0.05) is 36.4 Å². The number of nitrogens with zero attached hydrogens (tertiary/aromatic N) is 3. The van der Waals surface area contributed by atoms with Crippen LogP contribution in [0.1, 0.15) is 31.5 Å². The third-order valence-corrected chi connectivity index (χ3v) is 4.77. The van der Waals surface area contributed by atoms with Crippen LogP contribution in [0.3, 0.4) is 0 Å². The third-order valence-electron chi connectivity index (χ3n) is 4.53. The molecule has 2 heterocycles. The van der Waals surface area contributed by atoms with Gasteiger partial charge in [0.1, 0.15) is 11.6 Å². The quantitative estimate of drug-likeness (QED) is 0.883. The van der Waals surface area contributed by atoms with Crippen molar-refractivity contribution in [3.63, 3.8) is 0 Å². The molecule has 2 aromatic rings. The molecule has 7 heteroatoms. The highest BCUT2D eigenvalue weighted by Crippen LogP contribution is 2.26. The summed E-state index contributed by atoms with van der Waals surface area (Å²) in [6.07, 6.45) is 5.91. The van der Waals surface area contributed by atoms with E-state index in [1.165, 1.54) is 12.1 Å². The van der Waals surface area contributed by atoms with E-state index < -0.39 is 5.82 Å². The number of anilines is 1. The Balaban J connectivity index is 1.59. The topological polar surface area (TPSA) is 50.2 Å². The Morgan fingerprint density at radius 1 is 1.48 bits per heavy atom. The highest BCUT2D eigenvalue weighted by atomic mass is 35.5. The maximum absolute atomic E-state index is 13.8. The molecule has 134 valence electrons. The maximum atomic E-state index is 13.8. The van der Waals surface area contributed by atoms with E-state index in [-0.39, 0.29) is 18.1 Å². The standard InChI is InChI=1S/C18H22ClFN4O/c1-2-24-9-7-21-18(24)13-4-3-8-23(11-13)12-17(25)22-16-6-5-14(19)10-15(16)20/h5-7,9-10,13H,2-4,8,11-12H2,1H3,(H,22,25)/t13-/m0/s1. The fraction of sp³-hybridized carbons (Fsp3) is 0.444. The molecule has 0 spiro atoms. The van der Waals surface area contributed by atoms with E-state index >= 15 is 0 Å². The number of hydrogen-bond acceptors (Lipinski definition) is 3. The van der Waals surface area contributed by atoms with Gasteiger partial charge in [-0.05, 0) is 44.5 Å². The van der Waals surface area contributed by atoms with Crippen LogP contribution >= 0.6 is 11.6 Å². The van der Waals surface area contributed by atoms with Gasteiger partial charge in [0.25, 0.3) is 0 Å². The molecule has 1 N–H and O–H groups in total. The van der Waals surface area contributed by atoms with Gasteiger partial charge in [0.15, 0.2) is 0 Å². The molecule has 1 aromatic carbocycles. The number of likely N-dealkylation sites (tertiary alicyclic amines) is 1. The smallest absolute Gasteiger partial charge is 0.238 e. The van der Waals surface area contributed by atoms with Gasteiger partial charge in [0.2, 0.25) is 5.91 Å². The van der Waals surface area contributed by atoms with E-state index in [4.69, 9.17) is 11.6 Å². The molecule has 0 bridgehead atoms. The van der Waals surface area contributed by atoms with Crippen LogP contribution in [-0.4, -0.2) is 40.0 Å². The number of imidazole rings is 1. The Morgan fingerprint density at radius 3 is 3.08 bits per heavy atom. The SMILES string of the molecule is CCn1ccnc1[C@H]1CCCN(CC(=O)Nc2ccc(Cl)cc2F)C1. The number of benzene rings is 1. The summed E-state index contributed by atoms with van der Waals surface area (Å²) in [6, 6.07) is 4.23. The van der Waals surface area contributed by atoms with Gasteiger partial charge in [-0.15, -0.1) is 0 Å². The van der Waals surface area contributed by atoms with E-state index in [1.807, 2.05) is 12.4 Å². The minimum absolute atomic E-state index is 0.157. The molecule has 1 atom stereocenters. The minimum Gasteiger partial charge on any atom is -0.335 e. The highest BCUT2D eigenvalue weighted by Gasteiger charge is 2.25. The van der Waals surface area contributed by atoms with Crippen LogP contribution in [0, 0.1) is 5.82 Å². The van der Waals surface area contributed by atoms with Crippen LogP contribution in [0.2, 0.25) is 5.02 Å².